The van der Waals surface area contributed by atoms with Crippen molar-refractivity contribution in [1.29, 1.82) is 0 Å². The smallest absolute Gasteiger partial charge is 0.216 e. The van der Waals surface area contributed by atoms with Gasteiger partial charge in [0.25, 0.3) is 0 Å². The SMILES string of the molecule is CCCOc1ccc(/C=N/n2c(-c3ccccc3C)n[nH]c2=S)cc1. The average molecular weight is 352 g/mol. The fourth-order valence-corrected chi connectivity index (χ4v) is 2.57. The molecular formula is C19H20N4OS. The minimum absolute atomic E-state index is 0.456. The Morgan fingerprint density at radius 1 is 1.20 bits per heavy atom. The van der Waals surface area contributed by atoms with Crippen LogP contribution in [0.2, 0.25) is 0 Å². The maximum absolute atomic E-state index is 5.59. The minimum Gasteiger partial charge on any atom is -0.494 e. The number of rotatable bonds is 6. The zero-order valence-corrected chi connectivity index (χ0v) is 15.1. The highest BCUT2D eigenvalue weighted by atomic mass is 32.1. The lowest BCUT2D eigenvalue weighted by Gasteiger charge is -2.05. The van der Waals surface area contributed by atoms with E-state index in [0.717, 1.165) is 35.5 Å². The highest BCUT2D eigenvalue weighted by molar-refractivity contribution is 7.71. The van der Waals surface area contributed by atoms with Crippen molar-refractivity contribution in [1.82, 2.24) is 14.9 Å². The molecule has 0 aliphatic rings. The molecule has 0 bridgehead atoms. The summed E-state index contributed by atoms with van der Waals surface area (Å²) in [7, 11) is 0. The monoisotopic (exact) mass is 352 g/mol. The molecule has 0 fully saturated rings. The van der Waals surface area contributed by atoms with Crippen molar-refractivity contribution in [3.8, 4) is 17.1 Å². The summed E-state index contributed by atoms with van der Waals surface area (Å²) in [5.41, 5.74) is 3.07. The standard InChI is InChI=1S/C19H20N4OS/c1-3-12-24-16-10-8-15(9-11-16)13-20-23-18(21-22-19(23)25)17-7-5-4-6-14(17)2/h4-11,13H,3,12H2,1-2H3,(H,22,25)/b20-13+. The zero-order chi connectivity index (χ0) is 17.6. The summed E-state index contributed by atoms with van der Waals surface area (Å²) < 4.78 is 7.68. The second-order valence-electron chi connectivity index (χ2n) is 5.64. The number of aromatic amines is 1. The summed E-state index contributed by atoms with van der Waals surface area (Å²) in [6.07, 6.45) is 2.75. The van der Waals surface area contributed by atoms with E-state index >= 15 is 0 Å². The van der Waals surface area contributed by atoms with Gasteiger partial charge in [-0.05, 0) is 61.0 Å². The highest BCUT2D eigenvalue weighted by Crippen LogP contribution is 2.21. The van der Waals surface area contributed by atoms with E-state index in [2.05, 4.69) is 22.2 Å². The fraction of sp³-hybridized carbons (Fsp3) is 0.211. The van der Waals surface area contributed by atoms with Crippen LogP contribution in [0.25, 0.3) is 11.4 Å². The molecule has 0 aliphatic carbocycles. The number of H-pyrrole nitrogens is 1. The van der Waals surface area contributed by atoms with Crippen LogP contribution in [0.1, 0.15) is 24.5 Å². The van der Waals surface area contributed by atoms with Gasteiger partial charge in [-0.3, -0.25) is 0 Å². The molecule has 1 aromatic heterocycles. The van der Waals surface area contributed by atoms with Crippen LogP contribution >= 0.6 is 12.2 Å². The van der Waals surface area contributed by atoms with Crippen molar-refractivity contribution in [2.75, 3.05) is 6.61 Å². The van der Waals surface area contributed by atoms with E-state index in [4.69, 9.17) is 17.0 Å². The van der Waals surface area contributed by atoms with Crippen molar-refractivity contribution in [2.45, 2.75) is 20.3 Å². The number of hydrogen-bond donors (Lipinski definition) is 1. The second kappa shape index (κ2) is 7.90. The Morgan fingerprint density at radius 3 is 2.68 bits per heavy atom. The third-order valence-electron chi connectivity index (χ3n) is 3.71. The van der Waals surface area contributed by atoms with Crippen LogP contribution in [-0.2, 0) is 0 Å². The first-order valence-corrected chi connectivity index (χ1v) is 8.60. The maximum Gasteiger partial charge on any atom is 0.216 e. The normalized spacial score (nSPS) is 11.1. The third-order valence-corrected chi connectivity index (χ3v) is 3.98. The van der Waals surface area contributed by atoms with Crippen LogP contribution in [0.3, 0.4) is 0 Å². The Bertz CT molecular complexity index is 925. The quantitative estimate of drug-likeness (QED) is 0.521. The van der Waals surface area contributed by atoms with Gasteiger partial charge in [0.15, 0.2) is 5.82 Å². The predicted molar refractivity (Wildman–Crippen MR) is 103 cm³/mol. The second-order valence-corrected chi connectivity index (χ2v) is 6.03. The summed E-state index contributed by atoms with van der Waals surface area (Å²) in [6.45, 7) is 4.84. The van der Waals surface area contributed by atoms with Gasteiger partial charge in [0.2, 0.25) is 4.77 Å². The first kappa shape index (κ1) is 17.1. The Hall–Kier alpha value is -2.73. The lowest BCUT2D eigenvalue weighted by atomic mass is 10.1. The van der Waals surface area contributed by atoms with E-state index in [9.17, 15) is 0 Å². The molecule has 1 heterocycles. The predicted octanol–water partition coefficient (Wildman–Crippen LogP) is 4.59. The summed E-state index contributed by atoms with van der Waals surface area (Å²) in [5, 5.41) is 11.6. The molecule has 0 saturated heterocycles. The van der Waals surface area contributed by atoms with Gasteiger partial charge in [-0.15, -0.1) is 0 Å². The number of ether oxygens (including phenoxy) is 1. The summed E-state index contributed by atoms with van der Waals surface area (Å²) in [4.78, 5) is 0. The number of aromatic nitrogens is 3. The lowest BCUT2D eigenvalue weighted by Crippen LogP contribution is -1.97. The molecule has 0 amide bonds. The van der Waals surface area contributed by atoms with E-state index in [1.807, 2.05) is 55.5 Å². The van der Waals surface area contributed by atoms with Crippen LogP contribution in [-0.4, -0.2) is 27.7 Å². The van der Waals surface area contributed by atoms with E-state index in [1.165, 1.54) is 0 Å². The highest BCUT2D eigenvalue weighted by Gasteiger charge is 2.09. The summed E-state index contributed by atoms with van der Waals surface area (Å²) in [6, 6.07) is 15.8. The molecule has 3 rings (SSSR count). The van der Waals surface area contributed by atoms with Crippen molar-refractivity contribution >= 4 is 18.4 Å². The van der Waals surface area contributed by atoms with Gasteiger partial charge >= 0.3 is 0 Å². The molecule has 0 unspecified atom stereocenters. The molecule has 128 valence electrons. The van der Waals surface area contributed by atoms with Gasteiger partial charge in [0.1, 0.15) is 5.75 Å². The molecule has 0 atom stereocenters. The average Bonchev–Trinajstić information content (AvgIpc) is 3.00. The van der Waals surface area contributed by atoms with Crippen LogP contribution in [0.15, 0.2) is 53.6 Å². The summed E-state index contributed by atoms with van der Waals surface area (Å²) >= 11 is 5.31. The molecular weight excluding hydrogens is 332 g/mol. The van der Waals surface area contributed by atoms with E-state index in [1.54, 1.807) is 10.9 Å². The fourth-order valence-electron chi connectivity index (χ4n) is 2.39. The van der Waals surface area contributed by atoms with Crippen LogP contribution in [0.4, 0.5) is 0 Å². The van der Waals surface area contributed by atoms with Crippen molar-refractivity contribution < 1.29 is 4.74 Å². The van der Waals surface area contributed by atoms with Gasteiger partial charge in [-0.2, -0.15) is 14.9 Å². The number of hydrogen-bond acceptors (Lipinski definition) is 4. The molecule has 25 heavy (non-hydrogen) atoms. The van der Waals surface area contributed by atoms with Crippen molar-refractivity contribution in [3.05, 3.63) is 64.4 Å². The van der Waals surface area contributed by atoms with Gasteiger partial charge in [-0.25, -0.2) is 5.10 Å². The molecule has 0 radical (unpaired) electrons. The molecule has 6 heteroatoms. The van der Waals surface area contributed by atoms with Crippen molar-refractivity contribution in [2.24, 2.45) is 5.10 Å². The van der Waals surface area contributed by atoms with Crippen LogP contribution < -0.4 is 4.74 Å². The number of nitrogens with zero attached hydrogens (tertiary/aromatic N) is 3. The lowest BCUT2D eigenvalue weighted by molar-refractivity contribution is 0.317. The Kier molecular flexibility index (Phi) is 5.40. The Balaban J connectivity index is 1.86. The summed E-state index contributed by atoms with van der Waals surface area (Å²) in [5.74, 6) is 1.56. The number of aryl methyl sites for hydroxylation is 1. The van der Waals surface area contributed by atoms with Crippen LogP contribution in [0, 0.1) is 11.7 Å². The molecule has 5 nitrogen and oxygen atoms in total. The van der Waals surface area contributed by atoms with Crippen LogP contribution in [0.5, 0.6) is 5.75 Å². The molecule has 0 saturated carbocycles. The topological polar surface area (TPSA) is 55.2 Å². The minimum atomic E-state index is 0.456. The molecule has 1 N–H and O–H groups in total. The van der Waals surface area contributed by atoms with Gasteiger partial charge in [0, 0.05) is 5.56 Å². The molecule has 3 aromatic rings. The van der Waals surface area contributed by atoms with E-state index < -0.39 is 0 Å². The number of benzene rings is 2. The first-order chi connectivity index (χ1) is 12.2. The molecule has 0 spiro atoms. The first-order valence-electron chi connectivity index (χ1n) is 8.19. The number of nitrogens with one attached hydrogen (secondary N) is 1. The Labute approximate surface area is 152 Å². The van der Waals surface area contributed by atoms with E-state index in [-0.39, 0.29) is 0 Å². The third kappa shape index (κ3) is 4.03. The van der Waals surface area contributed by atoms with E-state index in [0.29, 0.717) is 10.6 Å². The zero-order valence-electron chi connectivity index (χ0n) is 14.3. The van der Waals surface area contributed by atoms with Gasteiger partial charge in [0.05, 0.1) is 12.8 Å². The van der Waals surface area contributed by atoms with Gasteiger partial charge < -0.3 is 4.74 Å². The van der Waals surface area contributed by atoms with Crippen molar-refractivity contribution in [3.63, 3.8) is 0 Å². The molecule has 0 aliphatic heterocycles. The largest absolute Gasteiger partial charge is 0.494 e. The maximum atomic E-state index is 5.59. The van der Waals surface area contributed by atoms with Gasteiger partial charge in [-0.1, -0.05) is 31.2 Å². The Morgan fingerprint density at radius 2 is 1.96 bits per heavy atom. The molecule has 2 aromatic carbocycles.